The molecule has 0 fully saturated rings. The van der Waals surface area contributed by atoms with Gasteiger partial charge >= 0.3 is 11.9 Å². The Morgan fingerprint density at radius 1 is 1.08 bits per heavy atom. The highest BCUT2D eigenvalue weighted by atomic mass is 32.1. The molecule has 8 heteroatoms. The lowest BCUT2D eigenvalue weighted by molar-refractivity contribution is -0.161. The number of likely N-dealkylation sites (N-methyl/N-ethyl adjacent to an activating group) is 1. The molecular formula is C31H37N3O4S. The van der Waals surface area contributed by atoms with Crippen LogP contribution in [0.3, 0.4) is 0 Å². The molecule has 1 heterocycles. The van der Waals surface area contributed by atoms with E-state index in [0.717, 1.165) is 27.5 Å². The van der Waals surface area contributed by atoms with Crippen LogP contribution in [0, 0.1) is 28.7 Å². The van der Waals surface area contributed by atoms with Gasteiger partial charge in [-0.2, -0.15) is 0 Å². The van der Waals surface area contributed by atoms with Crippen molar-refractivity contribution in [3.63, 3.8) is 0 Å². The molecule has 0 saturated carbocycles. The second kappa shape index (κ2) is 14.3. The van der Waals surface area contributed by atoms with E-state index in [0.29, 0.717) is 19.4 Å². The van der Waals surface area contributed by atoms with E-state index in [4.69, 9.17) is 21.3 Å². The zero-order valence-electron chi connectivity index (χ0n) is 23.6. The van der Waals surface area contributed by atoms with Crippen molar-refractivity contribution >= 4 is 47.2 Å². The number of nitriles is 1. The first kappa shape index (κ1) is 31.3. The van der Waals surface area contributed by atoms with E-state index in [1.54, 1.807) is 19.9 Å². The van der Waals surface area contributed by atoms with Gasteiger partial charge in [-0.1, -0.05) is 25.1 Å². The predicted molar refractivity (Wildman–Crippen MR) is 158 cm³/mol. The fraction of sp³-hybridized carbons (Fsp3) is 0.419. The molecule has 1 aromatic carbocycles. The van der Waals surface area contributed by atoms with Crippen LogP contribution in [0.2, 0.25) is 0 Å². The topological polar surface area (TPSA) is 84.0 Å². The summed E-state index contributed by atoms with van der Waals surface area (Å²) in [5, 5.41) is 8.92. The Morgan fingerprint density at radius 2 is 1.74 bits per heavy atom. The van der Waals surface area contributed by atoms with Crippen molar-refractivity contribution in [3.05, 3.63) is 68.8 Å². The standard InChI is InChI=1S/C31H37N3O4S/c1-8-31(5,29(36)37-7)22-30(3,4)28(35)38-19-18-34(9-2)25-13-10-23(11-14-25)12-15-26-16-17-27(39-26)20-24(21-32)33-6/h10-17,20H,8-9,18-19,22H2,1-5,7H3. The lowest BCUT2D eigenvalue weighted by Gasteiger charge is -2.33. The Morgan fingerprint density at radius 3 is 2.31 bits per heavy atom. The molecule has 39 heavy (non-hydrogen) atoms. The van der Waals surface area contributed by atoms with E-state index >= 15 is 0 Å². The first-order valence-corrected chi connectivity index (χ1v) is 13.7. The molecule has 7 nitrogen and oxygen atoms in total. The lowest BCUT2D eigenvalue weighted by atomic mass is 9.72. The normalized spacial score (nSPS) is 13.3. The van der Waals surface area contributed by atoms with Crippen molar-refractivity contribution in [1.29, 1.82) is 5.26 Å². The fourth-order valence-corrected chi connectivity index (χ4v) is 5.13. The largest absolute Gasteiger partial charge is 0.469 e. The number of anilines is 1. The smallest absolute Gasteiger partial charge is 0.311 e. The summed E-state index contributed by atoms with van der Waals surface area (Å²) in [7, 11) is 1.37. The van der Waals surface area contributed by atoms with Gasteiger partial charge < -0.3 is 14.4 Å². The van der Waals surface area contributed by atoms with Crippen LogP contribution >= 0.6 is 11.3 Å². The molecule has 0 radical (unpaired) electrons. The summed E-state index contributed by atoms with van der Waals surface area (Å²) in [6, 6.07) is 13.9. The Bertz CT molecular complexity index is 1260. The summed E-state index contributed by atoms with van der Waals surface area (Å²) in [5.41, 5.74) is 0.571. The number of hydrogen-bond acceptors (Lipinski definition) is 7. The van der Waals surface area contributed by atoms with Crippen molar-refractivity contribution in [1.82, 2.24) is 0 Å². The molecule has 1 aromatic heterocycles. The van der Waals surface area contributed by atoms with Gasteiger partial charge in [0.05, 0.1) is 37.1 Å². The third-order valence-electron chi connectivity index (χ3n) is 6.68. The van der Waals surface area contributed by atoms with Crippen molar-refractivity contribution < 1.29 is 19.1 Å². The maximum Gasteiger partial charge on any atom is 0.311 e. The minimum absolute atomic E-state index is 0.0694. The molecular weight excluding hydrogens is 510 g/mol. The van der Waals surface area contributed by atoms with Gasteiger partial charge in [-0.3, -0.25) is 9.59 Å². The van der Waals surface area contributed by atoms with Crippen molar-refractivity contribution in [2.24, 2.45) is 10.8 Å². The van der Waals surface area contributed by atoms with Crippen LogP contribution < -0.4 is 4.90 Å². The molecule has 0 aliphatic rings. The highest BCUT2D eigenvalue weighted by molar-refractivity contribution is 7.13. The van der Waals surface area contributed by atoms with E-state index < -0.39 is 10.8 Å². The summed E-state index contributed by atoms with van der Waals surface area (Å²) in [4.78, 5) is 32.3. The van der Waals surface area contributed by atoms with Gasteiger partial charge in [0.2, 0.25) is 0 Å². The summed E-state index contributed by atoms with van der Waals surface area (Å²) < 4.78 is 10.6. The molecule has 2 aromatic rings. The van der Waals surface area contributed by atoms with Crippen molar-refractivity contribution in [2.75, 3.05) is 31.7 Å². The highest BCUT2D eigenvalue weighted by Crippen LogP contribution is 2.38. The first-order chi connectivity index (χ1) is 18.5. The number of allylic oxidation sites excluding steroid dienone is 1. The Labute approximate surface area is 236 Å². The van der Waals surface area contributed by atoms with E-state index in [-0.39, 0.29) is 24.2 Å². The Kier molecular flexibility index (Phi) is 11.5. The predicted octanol–water partition coefficient (Wildman–Crippen LogP) is 7.08. The molecule has 206 valence electrons. The fourth-order valence-electron chi connectivity index (χ4n) is 4.28. The quantitative estimate of drug-likeness (QED) is 0.151. The number of benzene rings is 1. The van der Waals surface area contributed by atoms with Gasteiger partial charge in [0.15, 0.2) is 0 Å². The van der Waals surface area contributed by atoms with Crippen LogP contribution in [0.25, 0.3) is 23.1 Å². The van der Waals surface area contributed by atoms with Crippen molar-refractivity contribution in [2.45, 2.75) is 47.5 Å². The maximum absolute atomic E-state index is 12.9. The number of ether oxygens (including phenoxy) is 2. The molecule has 2 rings (SSSR count). The van der Waals surface area contributed by atoms with Crippen LogP contribution in [0.1, 0.15) is 62.8 Å². The second-order valence-electron chi connectivity index (χ2n) is 10.1. The number of nitrogens with zero attached hydrogens (tertiary/aromatic N) is 3. The molecule has 0 bridgehead atoms. The van der Waals surface area contributed by atoms with Crippen LogP contribution in [-0.2, 0) is 19.1 Å². The number of carbonyl (C=O) groups excluding carboxylic acids is 2. The van der Waals surface area contributed by atoms with Crippen LogP contribution in [0.15, 0.2) is 42.1 Å². The molecule has 0 amide bonds. The SMILES string of the molecule is [C-]#[N+]C(C#N)=Cc1ccc(C=Cc2ccc(N(CC)CCOC(=O)C(C)(C)CC(C)(CC)C(=O)OC)cc2)s1. The zero-order valence-corrected chi connectivity index (χ0v) is 24.4. The molecule has 0 N–H and O–H groups in total. The van der Waals surface area contributed by atoms with Gasteiger partial charge in [0, 0.05) is 22.0 Å². The second-order valence-corrected chi connectivity index (χ2v) is 11.2. The zero-order chi connectivity index (χ0) is 29.1. The average molecular weight is 548 g/mol. The minimum atomic E-state index is -0.821. The maximum atomic E-state index is 12.9. The Balaban J connectivity index is 1.96. The Hall–Kier alpha value is -3.88. The number of thiophene rings is 1. The number of methoxy groups -OCH3 is 1. The monoisotopic (exact) mass is 547 g/mol. The minimum Gasteiger partial charge on any atom is -0.469 e. The van der Waals surface area contributed by atoms with E-state index in [9.17, 15) is 9.59 Å². The average Bonchev–Trinajstić information content (AvgIpc) is 3.39. The summed E-state index contributed by atoms with van der Waals surface area (Å²) >= 11 is 1.51. The van der Waals surface area contributed by atoms with Crippen LogP contribution in [0.4, 0.5) is 5.69 Å². The molecule has 0 saturated heterocycles. The van der Waals surface area contributed by atoms with Crippen LogP contribution in [-0.4, -0.2) is 38.7 Å². The summed E-state index contributed by atoms with van der Waals surface area (Å²) in [5.74, 6) is -0.641. The van der Waals surface area contributed by atoms with Gasteiger partial charge in [-0.25, -0.2) is 10.1 Å². The van der Waals surface area contributed by atoms with Gasteiger partial charge in [0.25, 0.3) is 5.70 Å². The van der Waals surface area contributed by atoms with E-state index in [1.807, 2.05) is 68.5 Å². The van der Waals surface area contributed by atoms with Gasteiger partial charge in [-0.05, 0) is 82.5 Å². The highest BCUT2D eigenvalue weighted by Gasteiger charge is 2.42. The third kappa shape index (κ3) is 8.84. The molecule has 1 unspecified atom stereocenters. The molecule has 0 aliphatic carbocycles. The summed E-state index contributed by atoms with van der Waals surface area (Å²) in [6.07, 6.45) is 6.53. The van der Waals surface area contributed by atoms with Crippen molar-refractivity contribution in [3.8, 4) is 6.07 Å². The van der Waals surface area contributed by atoms with Crippen LogP contribution in [0.5, 0.6) is 0 Å². The number of carbonyl (C=O) groups is 2. The van der Waals surface area contributed by atoms with E-state index in [1.165, 1.54) is 18.4 Å². The lowest BCUT2D eigenvalue weighted by Crippen LogP contribution is -2.39. The molecule has 0 spiro atoms. The van der Waals surface area contributed by atoms with Gasteiger partial charge in [-0.15, -0.1) is 11.3 Å². The molecule has 1 atom stereocenters. The summed E-state index contributed by atoms with van der Waals surface area (Å²) in [6.45, 7) is 18.0. The number of hydrogen-bond donors (Lipinski definition) is 0. The van der Waals surface area contributed by atoms with Gasteiger partial charge in [0.1, 0.15) is 6.61 Å². The number of rotatable bonds is 13. The number of esters is 2. The molecule has 0 aliphatic heterocycles. The third-order valence-corrected chi connectivity index (χ3v) is 7.68. The van der Waals surface area contributed by atoms with E-state index in [2.05, 4.69) is 16.7 Å². The first-order valence-electron chi connectivity index (χ1n) is 12.9.